The largest absolute Gasteiger partial charge is 0.481 e. The first-order valence-corrected chi connectivity index (χ1v) is 8.50. The van der Waals surface area contributed by atoms with Crippen LogP contribution >= 0.6 is 0 Å². The fourth-order valence-electron chi connectivity index (χ4n) is 3.42. The molecule has 6 heteroatoms. The van der Waals surface area contributed by atoms with Gasteiger partial charge in [-0.3, -0.25) is 9.59 Å². The maximum absolute atomic E-state index is 12.3. The normalized spacial score (nSPS) is 22.0. The predicted molar refractivity (Wildman–Crippen MR) is 87.2 cm³/mol. The fraction of sp³-hybridized carbons (Fsp3) is 0.556. The van der Waals surface area contributed by atoms with Crippen molar-refractivity contribution in [1.29, 1.82) is 0 Å². The summed E-state index contributed by atoms with van der Waals surface area (Å²) in [7, 11) is 0. The molecule has 1 N–H and O–H groups in total. The molecular formula is C18H23NO5. The second kappa shape index (κ2) is 7.11. The number of rotatable bonds is 6. The summed E-state index contributed by atoms with van der Waals surface area (Å²) in [6.45, 7) is 3.01. The summed E-state index contributed by atoms with van der Waals surface area (Å²) in [5.41, 5.74) is 0.885. The van der Waals surface area contributed by atoms with Crippen LogP contribution in [-0.4, -0.2) is 41.8 Å². The van der Waals surface area contributed by atoms with Gasteiger partial charge in [0.25, 0.3) is 0 Å². The number of nitrogens with zero attached hydrogens (tertiary/aromatic N) is 1. The molecule has 0 aromatic heterocycles. The van der Waals surface area contributed by atoms with Crippen LogP contribution < -0.4 is 9.47 Å². The van der Waals surface area contributed by atoms with Gasteiger partial charge in [0.1, 0.15) is 0 Å². The van der Waals surface area contributed by atoms with E-state index < -0.39 is 11.9 Å². The van der Waals surface area contributed by atoms with Gasteiger partial charge in [-0.05, 0) is 24.1 Å². The number of carboxylic acid groups (broad SMARTS) is 1. The van der Waals surface area contributed by atoms with Gasteiger partial charge in [-0.2, -0.15) is 0 Å². The maximum atomic E-state index is 12.3. The molecule has 24 heavy (non-hydrogen) atoms. The van der Waals surface area contributed by atoms with E-state index in [0.717, 1.165) is 24.8 Å². The Morgan fingerprint density at radius 3 is 2.75 bits per heavy atom. The summed E-state index contributed by atoms with van der Waals surface area (Å²) in [5, 5.41) is 9.56. The summed E-state index contributed by atoms with van der Waals surface area (Å²) in [5.74, 6) is -0.285. The van der Waals surface area contributed by atoms with Crippen molar-refractivity contribution >= 4 is 11.9 Å². The highest BCUT2D eigenvalue weighted by Crippen LogP contribution is 2.39. The van der Waals surface area contributed by atoms with E-state index in [2.05, 4.69) is 6.92 Å². The van der Waals surface area contributed by atoms with E-state index in [0.29, 0.717) is 24.5 Å². The molecule has 0 radical (unpaired) electrons. The lowest BCUT2D eigenvalue weighted by Crippen LogP contribution is -2.29. The molecule has 0 saturated carbocycles. The first kappa shape index (κ1) is 16.6. The highest BCUT2D eigenvalue weighted by atomic mass is 16.7. The molecule has 130 valence electrons. The Bertz CT molecular complexity index is 630. The molecule has 1 amide bonds. The minimum absolute atomic E-state index is 0.0537. The molecule has 1 aromatic rings. The van der Waals surface area contributed by atoms with Crippen LogP contribution in [0.5, 0.6) is 11.5 Å². The summed E-state index contributed by atoms with van der Waals surface area (Å²) < 4.78 is 10.7. The van der Waals surface area contributed by atoms with E-state index in [-0.39, 0.29) is 25.2 Å². The Morgan fingerprint density at radius 1 is 1.21 bits per heavy atom. The maximum Gasteiger partial charge on any atom is 0.308 e. The van der Waals surface area contributed by atoms with Crippen LogP contribution in [0, 0.1) is 5.92 Å². The Morgan fingerprint density at radius 2 is 2.00 bits per heavy atom. The van der Waals surface area contributed by atoms with Crippen molar-refractivity contribution in [2.24, 2.45) is 5.92 Å². The molecule has 1 aromatic carbocycles. The number of likely N-dealkylation sites (tertiary alicyclic amines) is 1. The summed E-state index contributed by atoms with van der Waals surface area (Å²) in [4.78, 5) is 25.7. The Hall–Kier alpha value is -2.24. The van der Waals surface area contributed by atoms with Gasteiger partial charge >= 0.3 is 5.97 Å². The number of ether oxygens (including phenoxy) is 2. The average Bonchev–Trinajstić information content (AvgIpc) is 3.21. The van der Waals surface area contributed by atoms with Gasteiger partial charge in [0, 0.05) is 25.4 Å². The molecule has 0 bridgehead atoms. The van der Waals surface area contributed by atoms with Crippen molar-refractivity contribution in [1.82, 2.24) is 4.90 Å². The van der Waals surface area contributed by atoms with Crippen LogP contribution in [-0.2, 0) is 9.59 Å². The third kappa shape index (κ3) is 3.32. The van der Waals surface area contributed by atoms with E-state index >= 15 is 0 Å². The van der Waals surface area contributed by atoms with E-state index in [4.69, 9.17) is 9.47 Å². The number of aliphatic carboxylic acids is 1. The van der Waals surface area contributed by atoms with E-state index in [1.807, 2.05) is 18.2 Å². The third-order valence-electron chi connectivity index (χ3n) is 4.81. The quantitative estimate of drug-likeness (QED) is 0.810. The van der Waals surface area contributed by atoms with Crippen LogP contribution in [0.4, 0.5) is 0 Å². The first-order chi connectivity index (χ1) is 11.6. The Labute approximate surface area is 141 Å². The van der Waals surface area contributed by atoms with Crippen LogP contribution in [0.15, 0.2) is 18.2 Å². The van der Waals surface area contributed by atoms with Crippen molar-refractivity contribution in [3.05, 3.63) is 23.8 Å². The van der Waals surface area contributed by atoms with Crippen LogP contribution in [0.3, 0.4) is 0 Å². The van der Waals surface area contributed by atoms with Crippen LogP contribution in [0.25, 0.3) is 0 Å². The molecule has 0 unspecified atom stereocenters. The van der Waals surface area contributed by atoms with E-state index in [1.165, 1.54) is 0 Å². The lowest BCUT2D eigenvalue weighted by Gasteiger charge is -2.16. The first-order valence-electron chi connectivity index (χ1n) is 8.50. The van der Waals surface area contributed by atoms with Crippen molar-refractivity contribution in [3.63, 3.8) is 0 Å². The molecular weight excluding hydrogens is 310 g/mol. The number of carboxylic acids is 1. The van der Waals surface area contributed by atoms with Crippen molar-refractivity contribution in [3.8, 4) is 11.5 Å². The number of fused-ring (bicyclic) bond motifs is 1. The lowest BCUT2D eigenvalue weighted by atomic mass is 9.89. The molecule has 2 heterocycles. The molecule has 2 aliphatic rings. The zero-order chi connectivity index (χ0) is 17.1. The minimum atomic E-state index is -0.860. The van der Waals surface area contributed by atoms with Gasteiger partial charge in [-0.25, -0.2) is 0 Å². The van der Waals surface area contributed by atoms with Gasteiger partial charge in [-0.1, -0.05) is 25.8 Å². The number of benzene rings is 1. The monoisotopic (exact) mass is 333 g/mol. The van der Waals surface area contributed by atoms with Gasteiger partial charge in [-0.15, -0.1) is 0 Å². The Balaban J connectivity index is 1.74. The predicted octanol–water partition coefficient (Wildman–Crippen LogP) is 2.62. The lowest BCUT2D eigenvalue weighted by molar-refractivity contribution is -0.141. The molecule has 2 atom stereocenters. The van der Waals surface area contributed by atoms with Crippen LogP contribution in [0.2, 0.25) is 0 Å². The number of carbonyl (C=O) groups is 2. The molecule has 1 fully saturated rings. The zero-order valence-corrected chi connectivity index (χ0v) is 13.9. The average molecular weight is 333 g/mol. The van der Waals surface area contributed by atoms with Gasteiger partial charge in [0.2, 0.25) is 12.7 Å². The third-order valence-corrected chi connectivity index (χ3v) is 4.81. The topological polar surface area (TPSA) is 76.1 Å². The highest BCUT2D eigenvalue weighted by Gasteiger charge is 2.40. The number of amides is 1. The van der Waals surface area contributed by atoms with E-state index in [9.17, 15) is 14.7 Å². The number of carbonyl (C=O) groups excluding carboxylic acids is 1. The second-order valence-electron chi connectivity index (χ2n) is 6.42. The van der Waals surface area contributed by atoms with Crippen LogP contribution in [0.1, 0.15) is 44.1 Å². The SMILES string of the molecule is CCCCCC(=O)N1C[C@@H](C(=O)O)[C@H](c2ccc3c(c2)OCO3)C1. The van der Waals surface area contributed by atoms with Gasteiger partial charge in [0.15, 0.2) is 11.5 Å². The summed E-state index contributed by atoms with van der Waals surface area (Å²) >= 11 is 0. The Kier molecular flexibility index (Phi) is 4.92. The minimum Gasteiger partial charge on any atom is -0.481 e. The zero-order valence-electron chi connectivity index (χ0n) is 13.9. The molecule has 0 aliphatic carbocycles. The van der Waals surface area contributed by atoms with Crippen molar-refractivity contribution < 1.29 is 24.2 Å². The van der Waals surface area contributed by atoms with Gasteiger partial charge in [0.05, 0.1) is 5.92 Å². The number of hydrogen-bond acceptors (Lipinski definition) is 4. The summed E-state index contributed by atoms with van der Waals surface area (Å²) in [6.07, 6.45) is 3.44. The molecule has 3 rings (SSSR count). The number of unbranched alkanes of at least 4 members (excludes halogenated alkanes) is 2. The van der Waals surface area contributed by atoms with Crippen molar-refractivity contribution in [2.75, 3.05) is 19.9 Å². The second-order valence-corrected chi connectivity index (χ2v) is 6.42. The summed E-state index contributed by atoms with van der Waals surface area (Å²) in [6, 6.07) is 5.52. The number of hydrogen-bond donors (Lipinski definition) is 1. The molecule has 6 nitrogen and oxygen atoms in total. The van der Waals surface area contributed by atoms with E-state index in [1.54, 1.807) is 4.90 Å². The molecule has 1 saturated heterocycles. The highest BCUT2D eigenvalue weighted by molar-refractivity contribution is 5.79. The van der Waals surface area contributed by atoms with Crippen molar-refractivity contribution in [2.45, 2.75) is 38.5 Å². The van der Waals surface area contributed by atoms with Gasteiger partial charge < -0.3 is 19.5 Å². The molecule has 0 spiro atoms. The fourth-order valence-corrected chi connectivity index (χ4v) is 3.42. The molecule has 2 aliphatic heterocycles. The smallest absolute Gasteiger partial charge is 0.308 e. The standard InChI is InChI=1S/C18H23NO5/c1-2-3-4-5-17(20)19-9-13(14(10-19)18(21)22)12-6-7-15-16(8-12)24-11-23-15/h6-8,13-14H,2-5,9-11H2,1H3,(H,21,22)/t13-,14+/m0/s1.